The molecule has 1 saturated heterocycles. The Labute approximate surface area is 172 Å². The van der Waals surface area contributed by atoms with Gasteiger partial charge in [-0.2, -0.15) is 0 Å². The third kappa shape index (κ3) is 3.46. The van der Waals surface area contributed by atoms with Crippen molar-refractivity contribution in [2.24, 2.45) is 0 Å². The maximum Gasteiger partial charge on any atom is 0.295 e. The fourth-order valence-electron chi connectivity index (χ4n) is 3.69. The Morgan fingerprint density at radius 2 is 1.90 bits per heavy atom. The first-order chi connectivity index (χ1) is 14.5. The molecule has 4 rings (SSSR count). The predicted octanol–water partition coefficient (Wildman–Crippen LogP) is 2.23. The summed E-state index contributed by atoms with van der Waals surface area (Å²) in [6.07, 6.45) is 0. The number of benzene rings is 2. The summed E-state index contributed by atoms with van der Waals surface area (Å²) in [5.41, 5.74) is 0.775. The van der Waals surface area contributed by atoms with Crippen LogP contribution in [0.1, 0.15) is 17.2 Å². The van der Waals surface area contributed by atoms with Gasteiger partial charge in [0.2, 0.25) is 0 Å². The van der Waals surface area contributed by atoms with Crippen molar-refractivity contribution in [2.75, 3.05) is 33.5 Å². The van der Waals surface area contributed by atoms with Crippen LogP contribution in [0.3, 0.4) is 0 Å². The second-order valence-corrected chi connectivity index (χ2v) is 6.94. The van der Waals surface area contributed by atoms with E-state index in [9.17, 15) is 19.8 Å². The molecule has 2 aromatic carbocycles. The third-order valence-corrected chi connectivity index (χ3v) is 5.08. The molecule has 2 aliphatic rings. The van der Waals surface area contributed by atoms with Crippen LogP contribution in [0, 0.1) is 0 Å². The zero-order valence-corrected chi connectivity index (χ0v) is 16.3. The Morgan fingerprint density at radius 3 is 2.63 bits per heavy atom. The summed E-state index contributed by atoms with van der Waals surface area (Å²) in [5.74, 6) is -0.871. The molecule has 0 saturated carbocycles. The standard InChI is InChI=1S/C22H21NO7/c1-28-8-7-23-19(13-3-2-4-15(24)11-13)18(21(26)22(23)27)20(25)14-5-6-16-17(12-14)30-10-9-29-16/h2-6,11-12,19,24-25H,7-10H2,1H3/t19-/m1/s1. The van der Waals surface area contributed by atoms with E-state index in [2.05, 4.69) is 0 Å². The molecule has 0 spiro atoms. The Morgan fingerprint density at radius 1 is 1.13 bits per heavy atom. The first kappa shape index (κ1) is 19.8. The summed E-state index contributed by atoms with van der Waals surface area (Å²) in [5, 5.41) is 21.0. The highest BCUT2D eigenvalue weighted by atomic mass is 16.6. The molecule has 0 unspecified atom stereocenters. The lowest BCUT2D eigenvalue weighted by atomic mass is 9.95. The van der Waals surface area contributed by atoms with E-state index < -0.39 is 17.7 Å². The van der Waals surface area contributed by atoms with E-state index in [4.69, 9.17) is 14.2 Å². The number of phenolic OH excluding ortho intramolecular Hbond substituents is 1. The highest BCUT2D eigenvalue weighted by Crippen LogP contribution is 2.41. The number of carbonyl (C=O) groups excluding carboxylic acids is 2. The van der Waals surface area contributed by atoms with Gasteiger partial charge in [0.1, 0.15) is 24.7 Å². The fourth-order valence-corrected chi connectivity index (χ4v) is 3.69. The number of nitrogens with zero attached hydrogens (tertiary/aromatic N) is 1. The van der Waals surface area contributed by atoms with Crippen molar-refractivity contribution >= 4 is 17.4 Å². The molecule has 0 bridgehead atoms. The molecule has 1 atom stereocenters. The van der Waals surface area contributed by atoms with Gasteiger partial charge >= 0.3 is 0 Å². The summed E-state index contributed by atoms with van der Waals surface area (Å²) in [6.45, 7) is 1.17. The van der Waals surface area contributed by atoms with Crippen LogP contribution in [-0.4, -0.2) is 60.3 Å². The van der Waals surface area contributed by atoms with Crippen molar-refractivity contribution in [3.63, 3.8) is 0 Å². The minimum Gasteiger partial charge on any atom is -0.508 e. The van der Waals surface area contributed by atoms with E-state index >= 15 is 0 Å². The van der Waals surface area contributed by atoms with E-state index in [0.717, 1.165) is 0 Å². The van der Waals surface area contributed by atoms with Crippen molar-refractivity contribution < 1.29 is 34.0 Å². The van der Waals surface area contributed by atoms with E-state index in [1.54, 1.807) is 30.3 Å². The molecule has 2 N–H and O–H groups in total. The van der Waals surface area contributed by atoms with Gasteiger partial charge in [0.25, 0.3) is 11.7 Å². The van der Waals surface area contributed by atoms with Gasteiger partial charge in [-0.05, 0) is 35.9 Å². The summed E-state index contributed by atoms with van der Waals surface area (Å²) in [4.78, 5) is 26.9. The van der Waals surface area contributed by atoms with Crippen molar-refractivity contribution in [3.05, 3.63) is 59.2 Å². The molecule has 2 aliphatic heterocycles. The molecular weight excluding hydrogens is 390 g/mol. The number of aliphatic hydroxyl groups is 1. The molecule has 2 heterocycles. The highest BCUT2D eigenvalue weighted by Gasteiger charge is 2.46. The molecule has 0 aliphatic carbocycles. The SMILES string of the molecule is COCCN1C(=O)C(=O)C(=C(O)c2ccc3c(c2)OCCO3)[C@H]1c1cccc(O)c1. The Balaban J connectivity index is 1.84. The number of aliphatic hydroxyl groups excluding tert-OH is 1. The van der Waals surface area contributed by atoms with Crippen molar-refractivity contribution in [3.8, 4) is 17.2 Å². The average molecular weight is 411 g/mol. The number of rotatable bonds is 5. The van der Waals surface area contributed by atoms with Crippen LogP contribution >= 0.6 is 0 Å². The lowest BCUT2D eigenvalue weighted by Gasteiger charge is -2.25. The maximum atomic E-state index is 12.9. The number of ketones is 1. The van der Waals surface area contributed by atoms with Crippen LogP contribution in [0.25, 0.3) is 5.76 Å². The second-order valence-electron chi connectivity index (χ2n) is 6.94. The predicted molar refractivity (Wildman–Crippen MR) is 106 cm³/mol. The van der Waals surface area contributed by atoms with Gasteiger partial charge in [0.15, 0.2) is 11.5 Å². The van der Waals surface area contributed by atoms with E-state index in [1.807, 2.05) is 0 Å². The van der Waals surface area contributed by atoms with Crippen molar-refractivity contribution in [2.45, 2.75) is 6.04 Å². The lowest BCUT2D eigenvalue weighted by Crippen LogP contribution is -2.32. The van der Waals surface area contributed by atoms with Gasteiger partial charge in [0, 0.05) is 19.2 Å². The van der Waals surface area contributed by atoms with Gasteiger partial charge in [-0.25, -0.2) is 0 Å². The summed E-state index contributed by atoms with van der Waals surface area (Å²) in [7, 11) is 1.50. The number of fused-ring (bicyclic) bond motifs is 1. The van der Waals surface area contributed by atoms with Crippen LogP contribution in [0.2, 0.25) is 0 Å². The van der Waals surface area contributed by atoms with Crippen LogP contribution in [0.15, 0.2) is 48.0 Å². The zero-order chi connectivity index (χ0) is 21.3. The van der Waals surface area contributed by atoms with E-state index in [1.165, 1.54) is 24.1 Å². The molecule has 1 fully saturated rings. The lowest BCUT2D eigenvalue weighted by molar-refractivity contribution is -0.140. The monoisotopic (exact) mass is 411 g/mol. The number of carbonyl (C=O) groups is 2. The molecular formula is C22H21NO7. The minimum absolute atomic E-state index is 0.0100. The van der Waals surface area contributed by atoms with Crippen LogP contribution in [0.4, 0.5) is 0 Å². The Hall–Kier alpha value is -3.52. The average Bonchev–Trinajstić information content (AvgIpc) is 3.01. The normalized spacial score (nSPS) is 19.9. The number of hydrogen-bond acceptors (Lipinski definition) is 7. The number of hydrogen-bond donors (Lipinski definition) is 2. The van der Waals surface area contributed by atoms with Gasteiger partial charge in [-0.3, -0.25) is 9.59 Å². The largest absolute Gasteiger partial charge is 0.508 e. The number of ether oxygens (including phenoxy) is 3. The third-order valence-electron chi connectivity index (χ3n) is 5.08. The number of phenols is 1. The second kappa shape index (κ2) is 8.08. The number of Topliss-reactive ketones (excluding diaryl/α,β-unsaturated/α-hetero) is 1. The first-order valence-electron chi connectivity index (χ1n) is 9.47. The molecule has 8 heteroatoms. The Kier molecular flexibility index (Phi) is 5.33. The van der Waals surface area contributed by atoms with Crippen molar-refractivity contribution in [1.82, 2.24) is 4.90 Å². The van der Waals surface area contributed by atoms with E-state index in [-0.39, 0.29) is 30.2 Å². The molecule has 0 radical (unpaired) electrons. The minimum atomic E-state index is -0.861. The van der Waals surface area contributed by atoms with Crippen LogP contribution in [0.5, 0.6) is 17.2 Å². The number of aromatic hydroxyl groups is 1. The number of methoxy groups -OCH3 is 1. The van der Waals surface area contributed by atoms with Crippen molar-refractivity contribution in [1.29, 1.82) is 0 Å². The van der Waals surface area contributed by atoms with Crippen LogP contribution in [-0.2, 0) is 14.3 Å². The van der Waals surface area contributed by atoms with Gasteiger partial charge in [-0.1, -0.05) is 12.1 Å². The summed E-state index contributed by atoms with van der Waals surface area (Å²) < 4.78 is 16.1. The number of amides is 1. The first-order valence-corrected chi connectivity index (χ1v) is 9.47. The Bertz CT molecular complexity index is 1030. The highest BCUT2D eigenvalue weighted by molar-refractivity contribution is 6.46. The smallest absolute Gasteiger partial charge is 0.295 e. The topological polar surface area (TPSA) is 106 Å². The zero-order valence-electron chi connectivity index (χ0n) is 16.3. The summed E-state index contributed by atoms with van der Waals surface area (Å²) in [6, 6.07) is 10.2. The maximum absolute atomic E-state index is 12.9. The van der Waals surface area contributed by atoms with Gasteiger partial charge in [-0.15, -0.1) is 0 Å². The quantitative estimate of drug-likeness (QED) is 0.442. The molecule has 0 aromatic heterocycles. The summed E-state index contributed by atoms with van der Waals surface area (Å²) >= 11 is 0. The van der Waals surface area contributed by atoms with Gasteiger partial charge < -0.3 is 29.3 Å². The molecule has 8 nitrogen and oxygen atoms in total. The fraction of sp³-hybridized carbons (Fsp3) is 0.273. The molecule has 30 heavy (non-hydrogen) atoms. The van der Waals surface area contributed by atoms with E-state index in [0.29, 0.717) is 35.8 Å². The number of likely N-dealkylation sites (tertiary alicyclic amines) is 1. The molecule has 1 amide bonds. The molecule has 156 valence electrons. The van der Waals surface area contributed by atoms with Gasteiger partial charge in [0.05, 0.1) is 18.2 Å². The van der Waals surface area contributed by atoms with Crippen LogP contribution < -0.4 is 9.47 Å². The molecule has 2 aromatic rings.